The lowest BCUT2D eigenvalue weighted by molar-refractivity contribution is 0.0962. The van der Waals surface area contributed by atoms with Crippen LogP contribution in [0.4, 0.5) is 8.78 Å². The first-order valence-corrected chi connectivity index (χ1v) is 8.82. The number of nitrogens with one attached hydrogen (secondary N) is 1. The van der Waals surface area contributed by atoms with Crippen molar-refractivity contribution in [3.63, 3.8) is 0 Å². The van der Waals surface area contributed by atoms with E-state index in [1.165, 1.54) is 7.05 Å². The number of fused-ring (bicyclic) bond motifs is 1. The fourth-order valence-corrected chi connectivity index (χ4v) is 3.05. The van der Waals surface area contributed by atoms with Crippen molar-refractivity contribution in [1.82, 2.24) is 14.7 Å². The number of alkyl halides is 1. The molecule has 1 unspecified atom stereocenters. The van der Waals surface area contributed by atoms with Crippen molar-refractivity contribution < 1.29 is 18.7 Å². The molecule has 0 saturated heterocycles. The maximum absolute atomic E-state index is 14.7. The summed E-state index contributed by atoms with van der Waals surface area (Å²) in [5.74, 6) is -2.44. The monoisotopic (exact) mass is 393 g/mol. The normalized spacial score (nSPS) is 12.4. The van der Waals surface area contributed by atoms with E-state index in [4.69, 9.17) is 11.6 Å². The predicted molar refractivity (Wildman–Crippen MR) is 99.1 cm³/mol. The van der Waals surface area contributed by atoms with Crippen molar-refractivity contribution in [3.8, 4) is 11.3 Å². The molecule has 0 aliphatic carbocycles. The zero-order valence-corrected chi connectivity index (χ0v) is 15.5. The van der Waals surface area contributed by atoms with Gasteiger partial charge in [-0.3, -0.25) is 4.79 Å². The molecule has 1 amide bonds. The number of aromatic nitrogens is 2. The van der Waals surface area contributed by atoms with E-state index >= 15 is 0 Å². The number of aliphatic hydroxyl groups is 1. The summed E-state index contributed by atoms with van der Waals surface area (Å²) in [7, 11) is 1.38. The maximum Gasteiger partial charge on any atom is 0.251 e. The number of carbonyl (C=O) groups excluding carboxylic acids is 1. The van der Waals surface area contributed by atoms with Gasteiger partial charge in [-0.25, -0.2) is 13.8 Å². The predicted octanol–water partition coefficient (Wildman–Crippen LogP) is 3.09. The fourth-order valence-electron chi connectivity index (χ4n) is 2.95. The van der Waals surface area contributed by atoms with Crippen molar-refractivity contribution >= 4 is 23.2 Å². The summed E-state index contributed by atoms with van der Waals surface area (Å²) in [6, 6.07) is 5.54. The number of halogens is 3. The third kappa shape index (κ3) is 3.65. The molecule has 2 aromatic heterocycles. The molecule has 1 atom stereocenters. The Balaban J connectivity index is 2.24. The average molecular weight is 394 g/mol. The van der Waals surface area contributed by atoms with Crippen LogP contribution in [-0.2, 0) is 6.42 Å². The number of hydrogen-bond donors (Lipinski definition) is 2. The number of benzene rings is 1. The molecular weight excluding hydrogens is 376 g/mol. The van der Waals surface area contributed by atoms with Gasteiger partial charge in [-0.2, -0.15) is 0 Å². The Morgan fingerprint density at radius 3 is 2.59 bits per heavy atom. The number of rotatable bonds is 5. The van der Waals surface area contributed by atoms with E-state index in [1.54, 1.807) is 16.7 Å². The average Bonchev–Trinajstić information content (AvgIpc) is 2.97. The summed E-state index contributed by atoms with van der Waals surface area (Å²) in [6.07, 6.45) is 0.897. The Labute approximate surface area is 159 Å². The minimum absolute atomic E-state index is 0.0287. The Morgan fingerprint density at radius 2 is 2.00 bits per heavy atom. The van der Waals surface area contributed by atoms with E-state index in [1.807, 2.05) is 13.0 Å². The van der Waals surface area contributed by atoms with Gasteiger partial charge >= 0.3 is 0 Å². The highest BCUT2D eigenvalue weighted by atomic mass is 35.5. The van der Waals surface area contributed by atoms with Crippen LogP contribution in [0.15, 0.2) is 30.5 Å². The number of carbonyl (C=O) groups is 1. The summed E-state index contributed by atoms with van der Waals surface area (Å²) in [5.41, 5.74) is 1.46. The van der Waals surface area contributed by atoms with Gasteiger partial charge in [0.25, 0.3) is 5.91 Å². The van der Waals surface area contributed by atoms with Crippen LogP contribution in [0.1, 0.15) is 21.6 Å². The first-order chi connectivity index (χ1) is 12.8. The lowest BCUT2D eigenvalue weighted by Gasteiger charge is -2.11. The highest BCUT2D eigenvalue weighted by Crippen LogP contribution is 2.31. The van der Waals surface area contributed by atoms with Crippen LogP contribution in [-0.4, -0.2) is 39.4 Å². The summed E-state index contributed by atoms with van der Waals surface area (Å²) in [4.78, 5) is 16.1. The molecule has 0 spiro atoms. The molecule has 142 valence electrons. The largest absolute Gasteiger partial charge is 0.391 e. The van der Waals surface area contributed by atoms with Crippen LogP contribution in [0.2, 0.25) is 0 Å². The molecule has 0 bridgehead atoms. The Bertz CT molecular complexity index is 997. The highest BCUT2D eigenvalue weighted by Gasteiger charge is 2.24. The van der Waals surface area contributed by atoms with E-state index < -0.39 is 23.6 Å². The minimum atomic E-state index is -0.907. The van der Waals surface area contributed by atoms with Gasteiger partial charge in [0, 0.05) is 31.1 Å². The molecule has 1 aromatic carbocycles. The SMILES string of the molecule is CNC(=O)c1cc(F)c(-c2nc3cc(C)ccn3c2CC(O)CCl)c(F)c1. The minimum Gasteiger partial charge on any atom is -0.391 e. The number of pyridine rings is 1. The molecule has 2 N–H and O–H groups in total. The molecule has 0 fully saturated rings. The molecule has 3 rings (SSSR count). The van der Waals surface area contributed by atoms with Crippen molar-refractivity contribution in [2.45, 2.75) is 19.4 Å². The number of amides is 1. The van der Waals surface area contributed by atoms with Gasteiger partial charge in [0.2, 0.25) is 0 Å². The van der Waals surface area contributed by atoms with Crippen molar-refractivity contribution in [2.75, 3.05) is 12.9 Å². The van der Waals surface area contributed by atoms with Gasteiger partial charge in [0.05, 0.1) is 23.1 Å². The molecular formula is C19H18ClF2N3O2. The van der Waals surface area contributed by atoms with Crippen LogP contribution in [0.25, 0.3) is 16.9 Å². The van der Waals surface area contributed by atoms with Crippen molar-refractivity contribution in [3.05, 3.63) is 58.9 Å². The summed E-state index contributed by atoms with van der Waals surface area (Å²) in [6.45, 7) is 1.88. The van der Waals surface area contributed by atoms with Crippen molar-refractivity contribution in [2.24, 2.45) is 0 Å². The van der Waals surface area contributed by atoms with E-state index in [2.05, 4.69) is 10.3 Å². The van der Waals surface area contributed by atoms with Crippen LogP contribution in [0.3, 0.4) is 0 Å². The zero-order valence-electron chi connectivity index (χ0n) is 14.8. The van der Waals surface area contributed by atoms with Crippen LogP contribution >= 0.6 is 11.6 Å². The summed E-state index contributed by atoms with van der Waals surface area (Å²) < 4.78 is 31.2. The van der Waals surface area contributed by atoms with Gasteiger partial charge in [-0.1, -0.05) is 0 Å². The Morgan fingerprint density at radius 1 is 1.33 bits per heavy atom. The Kier molecular flexibility index (Phi) is 5.43. The zero-order chi connectivity index (χ0) is 19.7. The first kappa shape index (κ1) is 19.3. The second-order valence-electron chi connectivity index (χ2n) is 6.25. The quantitative estimate of drug-likeness (QED) is 0.655. The smallest absolute Gasteiger partial charge is 0.251 e. The maximum atomic E-state index is 14.7. The molecule has 2 heterocycles. The molecule has 5 nitrogen and oxygen atoms in total. The summed E-state index contributed by atoms with van der Waals surface area (Å²) in [5, 5.41) is 12.3. The number of imidazole rings is 1. The Hall–Kier alpha value is -2.51. The summed E-state index contributed by atoms with van der Waals surface area (Å²) >= 11 is 5.71. The van der Waals surface area contributed by atoms with Crippen LogP contribution in [0, 0.1) is 18.6 Å². The van der Waals surface area contributed by atoms with Gasteiger partial charge in [0.15, 0.2) is 0 Å². The molecule has 0 aliphatic rings. The van der Waals surface area contributed by atoms with Gasteiger partial charge in [-0.05, 0) is 36.8 Å². The lowest BCUT2D eigenvalue weighted by atomic mass is 10.0. The second-order valence-corrected chi connectivity index (χ2v) is 6.55. The van der Waals surface area contributed by atoms with Crippen LogP contribution in [0.5, 0.6) is 0 Å². The third-order valence-corrected chi connectivity index (χ3v) is 4.61. The third-order valence-electron chi connectivity index (χ3n) is 4.26. The van der Waals surface area contributed by atoms with E-state index in [0.717, 1.165) is 17.7 Å². The van der Waals surface area contributed by atoms with Gasteiger partial charge in [0.1, 0.15) is 17.3 Å². The van der Waals surface area contributed by atoms with Crippen molar-refractivity contribution in [1.29, 1.82) is 0 Å². The molecule has 0 saturated carbocycles. The standard InChI is InChI=1S/C19H18ClF2N3O2/c1-10-3-4-25-15(8-12(26)9-20)18(24-16(25)5-10)17-13(21)6-11(7-14(17)22)19(27)23-2/h3-7,12,26H,8-9H2,1-2H3,(H,23,27). The van der Waals surface area contributed by atoms with Gasteiger partial charge in [-0.15, -0.1) is 11.6 Å². The first-order valence-electron chi connectivity index (χ1n) is 8.28. The number of aryl methyl sites for hydroxylation is 1. The number of aliphatic hydroxyl groups excluding tert-OH is 1. The molecule has 27 heavy (non-hydrogen) atoms. The van der Waals surface area contributed by atoms with E-state index in [0.29, 0.717) is 11.3 Å². The highest BCUT2D eigenvalue weighted by molar-refractivity contribution is 6.18. The van der Waals surface area contributed by atoms with Crippen LogP contribution < -0.4 is 5.32 Å². The van der Waals surface area contributed by atoms with E-state index in [-0.39, 0.29) is 29.1 Å². The number of nitrogens with zero attached hydrogens (tertiary/aromatic N) is 2. The number of hydrogen-bond acceptors (Lipinski definition) is 3. The topological polar surface area (TPSA) is 66.6 Å². The molecule has 3 aromatic rings. The second kappa shape index (κ2) is 7.62. The lowest BCUT2D eigenvalue weighted by Crippen LogP contribution is -2.18. The molecule has 0 aliphatic heterocycles. The molecule has 8 heteroatoms. The van der Waals surface area contributed by atoms with Gasteiger partial charge < -0.3 is 14.8 Å². The fraction of sp³-hybridized carbons (Fsp3) is 0.263. The molecule has 0 radical (unpaired) electrons. The van der Waals surface area contributed by atoms with E-state index in [9.17, 15) is 18.7 Å².